The zero-order valence-electron chi connectivity index (χ0n) is 15.4. The van der Waals surface area contributed by atoms with Crippen molar-refractivity contribution in [1.29, 1.82) is 0 Å². The molecule has 1 aliphatic rings. The average molecular weight is 420 g/mol. The number of nitrogens with zero attached hydrogens (tertiary/aromatic N) is 2. The lowest BCUT2D eigenvalue weighted by molar-refractivity contribution is -0.142. The van der Waals surface area contributed by atoms with E-state index >= 15 is 0 Å². The van der Waals surface area contributed by atoms with Crippen LogP contribution in [0.2, 0.25) is 10.0 Å². The molecule has 0 saturated heterocycles. The van der Waals surface area contributed by atoms with E-state index in [1.54, 1.807) is 36.4 Å². The van der Waals surface area contributed by atoms with Crippen molar-refractivity contribution in [3.05, 3.63) is 64.1 Å². The van der Waals surface area contributed by atoms with Gasteiger partial charge in [0.2, 0.25) is 0 Å². The number of hydrazone groups is 1. The van der Waals surface area contributed by atoms with Crippen molar-refractivity contribution in [2.75, 3.05) is 19.0 Å². The van der Waals surface area contributed by atoms with Gasteiger partial charge in [0.15, 0.2) is 0 Å². The lowest BCUT2D eigenvalue weighted by atomic mass is 9.79. The number of amides is 2. The molecule has 0 aromatic heterocycles. The SMILES string of the molecule is COC(=O)CC1(C)CN(C(=O)Nc2ccc(Cl)cc2)N=C1c1ccc(Cl)cc1. The maximum absolute atomic E-state index is 12.7. The minimum atomic E-state index is -0.696. The zero-order valence-corrected chi connectivity index (χ0v) is 16.9. The van der Waals surface area contributed by atoms with E-state index < -0.39 is 11.4 Å². The minimum absolute atomic E-state index is 0.0929. The fourth-order valence-corrected chi connectivity index (χ4v) is 3.32. The Balaban J connectivity index is 1.88. The molecule has 28 heavy (non-hydrogen) atoms. The van der Waals surface area contributed by atoms with Gasteiger partial charge in [-0.15, -0.1) is 0 Å². The monoisotopic (exact) mass is 419 g/mol. The topological polar surface area (TPSA) is 71.0 Å². The van der Waals surface area contributed by atoms with Crippen molar-refractivity contribution < 1.29 is 14.3 Å². The number of ether oxygens (including phenoxy) is 1. The molecule has 6 nitrogen and oxygen atoms in total. The van der Waals surface area contributed by atoms with Gasteiger partial charge in [0.05, 0.1) is 25.8 Å². The minimum Gasteiger partial charge on any atom is -0.469 e. The molecule has 1 atom stereocenters. The van der Waals surface area contributed by atoms with Gasteiger partial charge in [0, 0.05) is 21.1 Å². The highest BCUT2D eigenvalue weighted by Crippen LogP contribution is 2.35. The molecule has 2 aromatic carbocycles. The summed E-state index contributed by atoms with van der Waals surface area (Å²) >= 11 is 11.9. The largest absolute Gasteiger partial charge is 0.469 e. The van der Waals surface area contributed by atoms with E-state index in [0.29, 0.717) is 21.4 Å². The van der Waals surface area contributed by atoms with Crippen molar-refractivity contribution in [2.45, 2.75) is 13.3 Å². The Kier molecular flexibility index (Phi) is 5.91. The Hall–Kier alpha value is -2.57. The summed E-state index contributed by atoms with van der Waals surface area (Å²) in [7, 11) is 1.34. The van der Waals surface area contributed by atoms with E-state index in [1.165, 1.54) is 12.1 Å². The van der Waals surface area contributed by atoms with Gasteiger partial charge < -0.3 is 10.1 Å². The van der Waals surface area contributed by atoms with E-state index in [2.05, 4.69) is 10.4 Å². The zero-order chi connectivity index (χ0) is 20.3. The molecule has 146 valence electrons. The van der Waals surface area contributed by atoms with E-state index in [0.717, 1.165) is 5.56 Å². The number of nitrogens with one attached hydrogen (secondary N) is 1. The number of esters is 1. The maximum Gasteiger partial charge on any atom is 0.342 e. The molecule has 3 rings (SSSR count). The van der Waals surface area contributed by atoms with Crippen LogP contribution in [0.4, 0.5) is 10.5 Å². The summed E-state index contributed by atoms with van der Waals surface area (Å²) in [4.78, 5) is 24.7. The fourth-order valence-electron chi connectivity index (χ4n) is 3.06. The van der Waals surface area contributed by atoms with Gasteiger partial charge in [-0.1, -0.05) is 42.3 Å². The standard InChI is InChI=1S/C20H19Cl2N3O3/c1-20(11-17(26)28-2)12-25(19(27)23-16-9-7-15(22)8-10-16)24-18(20)13-3-5-14(21)6-4-13/h3-10H,11-12H2,1-2H3,(H,23,27). The molecule has 1 unspecified atom stereocenters. The normalized spacial score (nSPS) is 18.6. The number of rotatable bonds is 4. The Labute approximate surface area is 173 Å². The third-order valence-corrected chi connectivity index (χ3v) is 5.00. The second kappa shape index (κ2) is 8.20. The van der Waals surface area contributed by atoms with Crippen molar-refractivity contribution in [2.24, 2.45) is 10.5 Å². The summed E-state index contributed by atoms with van der Waals surface area (Å²) in [5.74, 6) is -0.371. The van der Waals surface area contributed by atoms with Crippen LogP contribution in [0.3, 0.4) is 0 Å². The molecular formula is C20H19Cl2N3O3. The number of urea groups is 1. The first-order chi connectivity index (χ1) is 13.3. The summed E-state index contributed by atoms with van der Waals surface area (Å²) in [6.07, 6.45) is 0.0929. The second-order valence-corrected chi connectivity index (χ2v) is 7.64. The van der Waals surface area contributed by atoms with Crippen LogP contribution >= 0.6 is 23.2 Å². The van der Waals surface area contributed by atoms with Crippen LogP contribution in [0.15, 0.2) is 53.6 Å². The molecule has 8 heteroatoms. The predicted octanol–water partition coefficient (Wildman–Crippen LogP) is 4.81. The smallest absolute Gasteiger partial charge is 0.342 e. The summed E-state index contributed by atoms with van der Waals surface area (Å²) < 4.78 is 4.84. The number of hydrogen-bond acceptors (Lipinski definition) is 4. The Morgan fingerprint density at radius 3 is 2.25 bits per heavy atom. The van der Waals surface area contributed by atoms with Crippen LogP contribution in [0.1, 0.15) is 18.9 Å². The van der Waals surface area contributed by atoms with Crippen LogP contribution in [0, 0.1) is 5.41 Å². The van der Waals surface area contributed by atoms with E-state index in [9.17, 15) is 9.59 Å². The molecule has 1 N–H and O–H groups in total. The van der Waals surface area contributed by atoms with Crippen LogP contribution < -0.4 is 5.32 Å². The quantitative estimate of drug-likeness (QED) is 0.722. The number of halogens is 2. The molecule has 1 heterocycles. The van der Waals surface area contributed by atoms with Gasteiger partial charge in [0.25, 0.3) is 0 Å². The average Bonchev–Trinajstić information content (AvgIpc) is 3.01. The van der Waals surface area contributed by atoms with Gasteiger partial charge in [-0.3, -0.25) is 4.79 Å². The molecule has 2 aromatic rings. The lowest BCUT2D eigenvalue weighted by Crippen LogP contribution is -2.37. The first-order valence-electron chi connectivity index (χ1n) is 8.57. The highest BCUT2D eigenvalue weighted by Gasteiger charge is 2.43. The summed E-state index contributed by atoms with van der Waals surface area (Å²) in [5.41, 5.74) is 1.32. The molecule has 0 aliphatic carbocycles. The molecule has 0 radical (unpaired) electrons. The van der Waals surface area contributed by atoms with E-state index in [4.69, 9.17) is 27.9 Å². The second-order valence-electron chi connectivity index (χ2n) is 6.76. The number of hydrogen-bond donors (Lipinski definition) is 1. The summed E-state index contributed by atoms with van der Waals surface area (Å²) in [6.45, 7) is 2.12. The van der Waals surface area contributed by atoms with Gasteiger partial charge in [-0.05, 0) is 42.0 Å². The van der Waals surface area contributed by atoms with E-state index in [-0.39, 0.29) is 18.9 Å². The molecule has 0 bridgehead atoms. The van der Waals surface area contributed by atoms with Crippen molar-refractivity contribution in [3.63, 3.8) is 0 Å². The van der Waals surface area contributed by atoms with Gasteiger partial charge >= 0.3 is 12.0 Å². The number of methoxy groups -OCH3 is 1. The number of carbonyl (C=O) groups excluding carboxylic acids is 2. The molecule has 1 aliphatic heterocycles. The van der Waals surface area contributed by atoms with Crippen molar-refractivity contribution in [1.82, 2.24) is 5.01 Å². The Morgan fingerprint density at radius 2 is 1.68 bits per heavy atom. The van der Waals surface area contributed by atoms with Crippen molar-refractivity contribution >= 4 is 46.6 Å². The molecule has 0 saturated carbocycles. The summed E-state index contributed by atoms with van der Waals surface area (Å²) in [6, 6.07) is 13.5. The maximum atomic E-state index is 12.7. The third-order valence-electron chi connectivity index (χ3n) is 4.50. The molecule has 0 fully saturated rings. The number of carbonyl (C=O) groups is 2. The highest BCUT2D eigenvalue weighted by atomic mass is 35.5. The third kappa shape index (κ3) is 4.46. The fraction of sp³-hybridized carbons (Fsp3) is 0.250. The van der Waals surface area contributed by atoms with E-state index in [1.807, 2.05) is 19.1 Å². The number of anilines is 1. The number of benzene rings is 2. The highest BCUT2D eigenvalue weighted by molar-refractivity contribution is 6.31. The predicted molar refractivity (Wildman–Crippen MR) is 110 cm³/mol. The molecule has 2 amide bonds. The first kappa shape index (κ1) is 20.2. The van der Waals surface area contributed by atoms with Crippen LogP contribution in [0.5, 0.6) is 0 Å². The van der Waals surface area contributed by atoms with Gasteiger partial charge in [0.1, 0.15) is 0 Å². The Morgan fingerprint density at radius 1 is 1.11 bits per heavy atom. The molecular weight excluding hydrogens is 401 g/mol. The van der Waals surface area contributed by atoms with Gasteiger partial charge in [-0.2, -0.15) is 5.10 Å². The lowest BCUT2D eigenvalue weighted by Gasteiger charge is -2.25. The van der Waals surface area contributed by atoms with Crippen LogP contribution in [0.25, 0.3) is 0 Å². The molecule has 0 spiro atoms. The van der Waals surface area contributed by atoms with Crippen LogP contribution in [-0.4, -0.2) is 36.4 Å². The van der Waals surface area contributed by atoms with Gasteiger partial charge in [-0.25, -0.2) is 9.80 Å². The first-order valence-corrected chi connectivity index (χ1v) is 9.32. The summed E-state index contributed by atoms with van der Waals surface area (Å²) in [5, 5.41) is 9.77. The van der Waals surface area contributed by atoms with Crippen molar-refractivity contribution in [3.8, 4) is 0 Å². The Bertz CT molecular complexity index is 913. The van der Waals surface area contributed by atoms with Crippen LogP contribution in [-0.2, 0) is 9.53 Å².